The third kappa shape index (κ3) is 3.06. The summed E-state index contributed by atoms with van der Waals surface area (Å²) in [5, 5.41) is 3.10. The molecule has 0 aliphatic rings. The van der Waals surface area contributed by atoms with Crippen molar-refractivity contribution < 1.29 is 8.78 Å². The Hall–Kier alpha value is -0.840. The fourth-order valence-electron chi connectivity index (χ4n) is 0.982. The van der Waals surface area contributed by atoms with Crippen LogP contribution in [0.15, 0.2) is 11.1 Å². The Morgan fingerprint density at radius 3 is 2.67 bits per heavy atom. The fourth-order valence-corrected chi connectivity index (χ4v) is 1.84. The highest BCUT2D eigenvalue weighted by Crippen LogP contribution is 2.28. The molecule has 0 radical (unpaired) electrons. The lowest BCUT2D eigenvalue weighted by atomic mass is 10.4. The second-order valence-electron chi connectivity index (χ2n) is 3.19. The van der Waals surface area contributed by atoms with Gasteiger partial charge in [-0.25, -0.2) is 13.8 Å². The maximum absolute atomic E-state index is 13.3. The summed E-state index contributed by atoms with van der Waals surface area (Å²) in [4.78, 5) is 3.88. The number of rotatable bonds is 4. The number of nitrogens with zero attached hydrogens (tertiary/aromatic N) is 1. The summed E-state index contributed by atoms with van der Waals surface area (Å²) < 4.78 is 26.4. The molecule has 1 heterocycles. The first kappa shape index (κ1) is 12.2. The standard InChI is InChI=1S/C10H14F2N2S/c1-4-6(2)15-10-8(12)5-7(11)9(13-3)14-10/h5-6H,4H2,1-3H3,(H,13,14). The zero-order valence-electron chi connectivity index (χ0n) is 8.97. The molecule has 0 saturated carbocycles. The van der Waals surface area contributed by atoms with Gasteiger partial charge in [-0.3, -0.25) is 0 Å². The van der Waals surface area contributed by atoms with Crippen LogP contribution in [-0.2, 0) is 0 Å². The molecule has 0 bridgehead atoms. The van der Waals surface area contributed by atoms with E-state index in [0.717, 1.165) is 12.5 Å². The first-order valence-corrected chi connectivity index (χ1v) is 5.66. The second kappa shape index (κ2) is 5.30. The molecule has 1 unspecified atom stereocenters. The quantitative estimate of drug-likeness (QED) is 0.806. The van der Waals surface area contributed by atoms with Crippen molar-refractivity contribution in [2.24, 2.45) is 0 Å². The van der Waals surface area contributed by atoms with Crippen molar-refractivity contribution in [2.75, 3.05) is 12.4 Å². The fraction of sp³-hybridized carbons (Fsp3) is 0.500. The van der Waals surface area contributed by atoms with Crippen LogP contribution in [0.3, 0.4) is 0 Å². The molecule has 1 N–H and O–H groups in total. The average Bonchev–Trinajstić information content (AvgIpc) is 2.21. The number of hydrogen-bond donors (Lipinski definition) is 1. The van der Waals surface area contributed by atoms with Gasteiger partial charge in [0.1, 0.15) is 5.03 Å². The lowest BCUT2D eigenvalue weighted by molar-refractivity contribution is 0.551. The molecule has 0 saturated heterocycles. The van der Waals surface area contributed by atoms with Crippen LogP contribution in [0.5, 0.6) is 0 Å². The van der Waals surface area contributed by atoms with Crippen molar-refractivity contribution in [3.63, 3.8) is 0 Å². The summed E-state index contributed by atoms with van der Waals surface area (Å²) >= 11 is 1.32. The third-order valence-electron chi connectivity index (χ3n) is 2.02. The van der Waals surface area contributed by atoms with Crippen molar-refractivity contribution in [1.29, 1.82) is 0 Å². The predicted molar refractivity (Wildman–Crippen MR) is 59.3 cm³/mol. The van der Waals surface area contributed by atoms with E-state index in [4.69, 9.17) is 0 Å². The lowest BCUT2D eigenvalue weighted by Crippen LogP contribution is -2.02. The molecule has 0 fully saturated rings. The van der Waals surface area contributed by atoms with Crippen LogP contribution < -0.4 is 5.32 Å². The molecular formula is C10H14F2N2S. The Labute approximate surface area is 92.5 Å². The highest BCUT2D eigenvalue weighted by atomic mass is 32.2. The van der Waals surface area contributed by atoms with Crippen molar-refractivity contribution in [3.05, 3.63) is 17.7 Å². The van der Waals surface area contributed by atoms with E-state index in [-0.39, 0.29) is 16.1 Å². The molecule has 1 aromatic rings. The first-order chi connectivity index (χ1) is 7.08. The van der Waals surface area contributed by atoms with Gasteiger partial charge in [0.2, 0.25) is 0 Å². The van der Waals surface area contributed by atoms with E-state index in [1.807, 2.05) is 13.8 Å². The van der Waals surface area contributed by atoms with Gasteiger partial charge in [0.25, 0.3) is 0 Å². The third-order valence-corrected chi connectivity index (χ3v) is 3.27. The summed E-state index contributed by atoms with van der Waals surface area (Å²) in [6.45, 7) is 3.99. The Balaban J connectivity index is 2.97. The van der Waals surface area contributed by atoms with Gasteiger partial charge in [-0.2, -0.15) is 0 Å². The van der Waals surface area contributed by atoms with Crippen LogP contribution in [0.1, 0.15) is 20.3 Å². The van der Waals surface area contributed by atoms with Gasteiger partial charge in [-0.1, -0.05) is 13.8 Å². The second-order valence-corrected chi connectivity index (χ2v) is 4.62. The number of pyridine rings is 1. The number of thioether (sulfide) groups is 1. The molecule has 0 aliphatic heterocycles. The molecule has 5 heteroatoms. The summed E-state index contributed by atoms with van der Waals surface area (Å²) in [7, 11) is 1.56. The summed E-state index contributed by atoms with van der Waals surface area (Å²) in [6, 6.07) is 0.865. The molecule has 0 aliphatic carbocycles. The Morgan fingerprint density at radius 2 is 2.13 bits per heavy atom. The van der Waals surface area contributed by atoms with Crippen LogP contribution in [0, 0.1) is 11.6 Å². The van der Waals surface area contributed by atoms with Gasteiger partial charge in [0.05, 0.1) is 0 Å². The Kier molecular flexibility index (Phi) is 4.32. The SMILES string of the molecule is CCC(C)Sc1nc(NC)c(F)cc1F. The van der Waals surface area contributed by atoms with Crippen molar-refractivity contribution in [2.45, 2.75) is 30.5 Å². The predicted octanol–water partition coefficient (Wildman–Crippen LogP) is 3.29. The van der Waals surface area contributed by atoms with Gasteiger partial charge < -0.3 is 5.32 Å². The number of nitrogens with one attached hydrogen (secondary N) is 1. The molecule has 1 aromatic heterocycles. The normalized spacial score (nSPS) is 12.6. The molecule has 1 atom stereocenters. The minimum absolute atomic E-state index is 0.0854. The smallest absolute Gasteiger partial charge is 0.168 e. The van der Waals surface area contributed by atoms with E-state index in [2.05, 4.69) is 10.3 Å². The van der Waals surface area contributed by atoms with Crippen LogP contribution in [-0.4, -0.2) is 17.3 Å². The zero-order valence-corrected chi connectivity index (χ0v) is 9.79. The van der Waals surface area contributed by atoms with E-state index in [1.165, 1.54) is 11.8 Å². The molecule has 1 rings (SSSR count). The number of halogens is 2. The maximum Gasteiger partial charge on any atom is 0.168 e. The van der Waals surface area contributed by atoms with Crippen molar-refractivity contribution in [3.8, 4) is 0 Å². The van der Waals surface area contributed by atoms with E-state index in [0.29, 0.717) is 0 Å². The van der Waals surface area contributed by atoms with Crippen molar-refractivity contribution >= 4 is 17.6 Å². The highest BCUT2D eigenvalue weighted by Gasteiger charge is 2.13. The van der Waals surface area contributed by atoms with E-state index in [1.54, 1.807) is 7.05 Å². The van der Waals surface area contributed by atoms with Crippen molar-refractivity contribution in [1.82, 2.24) is 4.98 Å². The topological polar surface area (TPSA) is 24.9 Å². The summed E-state index contributed by atoms with van der Waals surface area (Å²) in [5.41, 5.74) is 0. The molecule has 0 amide bonds. The van der Waals surface area contributed by atoms with Gasteiger partial charge in [-0.05, 0) is 6.42 Å². The summed E-state index contributed by atoms with van der Waals surface area (Å²) in [6.07, 6.45) is 0.915. The maximum atomic E-state index is 13.3. The average molecular weight is 232 g/mol. The molecule has 84 valence electrons. The largest absolute Gasteiger partial charge is 0.371 e. The van der Waals surface area contributed by atoms with Crippen LogP contribution in [0.4, 0.5) is 14.6 Å². The Bertz CT molecular complexity index is 344. The number of anilines is 1. The van der Waals surface area contributed by atoms with E-state index in [9.17, 15) is 8.78 Å². The minimum atomic E-state index is -0.663. The van der Waals surface area contributed by atoms with Gasteiger partial charge in [-0.15, -0.1) is 11.8 Å². The molecule has 0 spiro atoms. The van der Waals surface area contributed by atoms with Gasteiger partial charge in [0, 0.05) is 18.4 Å². The number of hydrogen-bond acceptors (Lipinski definition) is 3. The highest BCUT2D eigenvalue weighted by molar-refractivity contribution is 7.99. The van der Waals surface area contributed by atoms with E-state index >= 15 is 0 Å². The van der Waals surface area contributed by atoms with Gasteiger partial charge in [0.15, 0.2) is 17.5 Å². The first-order valence-electron chi connectivity index (χ1n) is 4.79. The number of aromatic nitrogens is 1. The lowest BCUT2D eigenvalue weighted by Gasteiger charge is -2.10. The van der Waals surface area contributed by atoms with E-state index < -0.39 is 11.6 Å². The summed E-state index contributed by atoms with van der Waals surface area (Å²) in [5.74, 6) is -1.18. The minimum Gasteiger partial charge on any atom is -0.371 e. The monoisotopic (exact) mass is 232 g/mol. The van der Waals surface area contributed by atoms with Crippen LogP contribution in [0.2, 0.25) is 0 Å². The Morgan fingerprint density at radius 1 is 1.47 bits per heavy atom. The van der Waals surface area contributed by atoms with Crippen LogP contribution >= 0.6 is 11.8 Å². The van der Waals surface area contributed by atoms with Crippen LogP contribution in [0.25, 0.3) is 0 Å². The molecular weight excluding hydrogens is 218 g/mol. The van der Waals surface area contributed by atoms with Gasteiger partial charge >= 0.3 is 0 Å². The molecule has 15 heavy (non-hydrogen) atoms. The molecule has 2 nitrogen and oxygen atoms in total. The zero-order chi connectivity index (χ0) is 11.4. The molecule has 0 aromatic carbocycles.